The number of hydrogen-bond donors (Lipinski definition) is 0. The van der Waals surface area contributed by atoms with Crippen LogP contribution in [0.25, 0.3) is 0 Å². The van der Waals surface area contributed by atoms with Gasteiger partial charge in [0.1, 0.15) is 0 Å². The van der Waals surface area contributed by atoms with E-state index in [1.807, 2.05) is 0 Å². The average molecular weight is 278 g/mol. The zero-order valence-corrected chi connectivity index (χ0v) is 11.5. The van der Waals surface area contributed by atoms with Gasteiger partial charge in [-0.3, -0.25) is 4.90 Å². The van der Waals surface area contributed by atoms with Gasteiger partial charge in [0, 0.05) is 23.2 Å². The first-order valence-electron chi connectivity index (χ1n) is 5.55. The highest BCUT2D eigenvalue weighted by Gasteiger charge is 2.37. The van der Waals surface area contributed by atoms with Gasteiger partial charge in [-0.1, -0.05) is 29.8 Å². The second-order valence-electron chi connectivity index (χ2n) is 5.23. The third-order valence-corrected chi connectivity index (χ3v) is 6.39. The highest BCUT2D eigenvalue weighted by Crippen LogP contribution is 2.37. The van der Waals surface area contributed by atoms with Gasteiger partial charge in [0.15, 0.2) is 0 Å². The maximum atomic E-state index is 3.81. The molecule has 0 aromatic carbocycles. The van der Waals surface area contributed by atoms with Gasteiger partial charge in [-0.15, -0.1) is 0 Å². The van der Waals surface area contributed by atoms with E-state index in [1.165, 1.54) is 37.4 Å². The molecule has 14 heavy (non-hydrogen) atoms. The van der Waals surface area contributed by atoms with E-state index >= 15 is 0 Å². The van der Waals surface area contributed by atoms with Gasteiger partial charge in [-0.2, -0.15) is 11.8 Å². The van der Waals surface area contributed by atoms with E-state index in [4.69, 9.17) is 0 Å². The highest BCUT2D eigenvalue weighted by molar-refractivity contribution is 9.09. The van der Waals surface area contributed by atoms with E-state index in [1.54, 1.807) is 0 Å². The summed E-state index contributed by atoms with van der Waals surface area (Å²) in [5.74, 6) is 2.74. The van der Waals surface area contributed by atoms with E-state index in [0.717, 1.165) is 6.04 Å². The third-order valence-electron chi connectivity index (χ3n) is 3.55. The standard InChI is InChI=1S/C11H20BrNS/c1-11(2)8-13(5-3-10(11)12)9-4-6-14-7-9/h9-10H,3-8H2,1-2H3. The van der Waals surface area contributed by atoms with E-state index in [2.05, 4.69) is 46.4 Å². The Morgan fingerprint density at radius 3 is 2.71 bits per heavy atom. The molecule has 2 saturated heterocycles. The second kappa shape index (κ2) is 4.34. The van der Waals surface area contributed by atoms with E-state index in [9.17, 15) is 0 Å². The van der Waals surface area contributed by atoms with Gasteiger partial charge in [0.25, 0.3) is 0 Å². The van der Waals surface area contributed by atoms with Crippen LogP contribution in [0.1, 0.15) is 26.7 Å². The van der Waals surface area contributed by atoms with Crippen molar-refractivity contribution in [2.45, 2.75) is 37.6 Å². The van der Waals surface area contributed by atoms with Crippen LogP contribution in [0.2, 0.25) is 0 Å². The van der Waals surface area contributed by atoms with E-state index in [0.29, 0.717) is 10.2 Å². The number of rotatable bonds is 1. The molecule has 0 amide bonds. The first-order valence-corrected chi connectivity index (χ1v) is 7.62. The Labute approximate surface area is 100 Å². The number of likely N-dealkylation sites (tertiary alicyclic amines) is 1. The van der Waals surface area contributed by atoms with Crippen LogP contribution in [-0.2, 0) is 0 Å². The van der Waals surface area contributed by atoms with E-state index < -0.39 is 0 Å². The quantitative estimate of drug-likeness (QED) is 0.678. The molecule has 0 aromatic heterocycles. The molecule has 0 bridgehead atoms. The predicted molar refractivity (Wildman–Crippen MR) is 68.4 cm³/mol. The van der Waals surface area contributed by atoms with E-state index in [-0.39, 0.29) is 0 Å². The van der Waals surface area contributed by atoms with Crippen LogP contribution in [0.3, 0.4) is 0 Å². The number of alkyl halides is 1. The molecule has 2 aliphatic heterocycles. The van der Waals surface area contributed by atoms with Crippen molar-refractivity contribution < 1.29 is 0 Å². The Kier molecular flexibility index (Phi) is 3.50. The number of piperidine rings is 1. The molecule has 0 aliphatic carbocycles. The molecule has 0 aromatic rings. The molecular weight excluding hydrogens is 258 g/mol. The fourth-order valence-electron chi connectivity index (χ4n) is 2.49. The molecular formula is C11H20BrNS. The van der Waals surface area contributed by atoms with Crippen LogP contribution in [0, 0.1) is 5.41 Å². The molecule has 3 heteroatoms. The molecule has 2 fully saturated rings. The van der Waals surface area contributed by atoms with Crippen LogP contribution >= 0.6 is 27.7 Å². The second-order valence-corrected chi connectivity index (χ2v) is 7.49. The zero-order valence-electron chi connectivity index (χ0n) is 9.13. The molecule has 2 unspecified atom stereocenters. The van der Waals surface area contributed by atoms with Crippen molar-refractivity contribution in [2.24, 2.45) is 5.41 Å². The number of thioether (sulfide) groups is 1. The summed E-state index contributed by atoms with van der Waals surface area (Å²) < 4.78 is 0. The smallest absolute Gasteiger partial charge is 0.0221 e. The summed E-state index contributed by atoms with van der Waals surface area (Å²) in [5, 5.41) is 0. The molecule has 0 spiro atoms. The Balaban J connectivity index is 1.95. The lowest BCUT2D eigenvalue weighted by Crippen LogP contribution is -2.50. The maximum absolute atomic E-state index is 3.81. The number of nitrogens with zero attached hydrogens (tertiary/aromatic N) is 1. The van der Waals surface area contributed by atoms with Crippen molar-refractivity contribution >= 4 is 27.7 Å². The van der Waals surface area contributed by atoms with Crippen molar-refractivity contribution in [1.29, 1.82) is 0 Å². The predicted octanol–water partition coefficient (Wildman–Crippen LogP) is 2.99. The number of hydrogen-bond acceptors (Lipinski definition) is 2. The summed E-state index contributed by atoms with van der Waals surface area (Å²) in [6, 6.07) is 0.874. The lowest BCUT2D eigenvalue weighted by molar-refractivity contribution is 0.0949. The summed E-state index contributed by atoms with van der Waals surface area (Å²) in [6.07, 6.45) is 2.72. The molecule has 1 nitrogen and oxygen atoms in total. The van der Waals surface area contributed by atoms with Crippen LogP contribution in [0.4, 0.5) is 0 Å². The van der Waals surface area contributed by atoms with Crippen LogP contribution < -0.4 is 0 Å². The van der Waals surface area contributed by atoms with Crippen LogP contribution in [0.5, 0.6) is 0 Å². The monoisotopic (exact) mass is 277 g/mol. The van der Waals surface area contributed by atoms with Gasteiger partial charge in [0.2, 0.25) is 0 Å². The summed E-state index contributed by atoms with van der Waals surface area (Å²) in [6.45, 7) is 7.35. The van der Waals surface area contributed by atoms with Crippen molar-refractivity contribution in [2.75, 3.05) is 24.6 Å². The number of halogens is 1. The molecule has 0 saturated carbocycles. The minimum absolute atomic E-state index is 0.450. The lowest BCUT2D eigenvalue weighted by Gasteiger charge is -2.44. The van der Waals surface area contributed by atoms with Crippen molar-refractivity contribution in [3.8, 4) is 0 Å². The SMILES string of the molecule is CC1(C)CN(C2CCSC2)CCC1Br. The molecule has 2 aliphatic rings. The Bertz CT molecular complexity index is 201. The highest BCUT2D eigenvalue weighted by atomic mass is 79.9. The summed E-state index contributed by atoms with van der Waals surface area (Å²) in [7, 11) is 0. The topological polar surface area (TPSA) is 3.24 Å². The molecule has 2 atom stereocenters. The van der Waals surface area contributed by atoms with Gasteiger partial charge in [-0.05, 0) is 30.6 Å². The molecule has 82 valence electrons. The van der Waals surface area contributed by atoms with Crippen LogP contribution in [0.15, 0.2) is 0 Å². The van der Waals surface area contributed by atoms with Crippen molar-refractivity contribution in [1.82, 2.24) is 4.90 Å². The third kappa shape index (κ3) is 2.30. The fourth-order valence-corrected chi connectivity index (χ4v) is 4.10. The molecule has 0 radical (unpaired) electrons. The normalized spacial score (nSPS) is 38.8. The lowest BCUT2D eigenvalue weighted by atomic mass is 9.83. The van der Waals surface area contributed by atoms with Gasteiger partial charge in [0.05, 0.1) is 0 Å². The van der Waals surface area contributed by atoms with Crippen LogP contribution in [-0.4, -0.2) is 40.4 Å². The van der Waals surface area contributed by atoms with Crippen molar-refractivity contribution in [3.05, 3.63) is 0 Å². The average Bonchev–Trinajstić information content (AvgIpc) is 2.62. The van der Waals surface area contributed by atoms with Gasteiger partial charge < -0.3 is 0 Å². The first kappa shape index (κ1) is 11.3. The Morgan fingerprint density at radius 2 is 2.14 bits per heavy atom. The van der Waals surface area contributed by atoms with Gasteiger partial charge in [-0.25, -0.2) is 0 Å². The summed E-state index contributed by atoms with van der Waals surface area (Å²) in [5.41, 5.74) is 0.450. The molecule has 0 N–H and O–H groups in total. The molecule has 2 heterocycles. The minimum Gasteiger partial charge on any atom is -0.299 e. The molecule has 2 rings (SSSR count). The Morgan fingerprint density at radius 1 is 1.36 bits per heavy atom. The largest absolute Gasteiger partial charge is 0.299 e. The summed E-state index contributed by atoms with van der Waals surface area (Å²) >= 11 is 5.94. The zero-order chi connectivity index (χ0) is 10.2. The summed E-state index contributed by atoms with van der Waals surface area (Å²) in [4.78, 5) is 3.43. The Hall–Kier alpha value is 0.790. The fraction of sp³-hybridized carbons (Fsp3) is 1.00. The van der Waals surface area contributed by atoms with Crippen molar-refractivity contribution in [3.63, 3.8) is 0 Å². The van der Waals surface area contributed by atoms with Gasteiger partial charge >= 0.3 is 0 Å². The first-order chi connectivity index (χ1) is 6.59. The minimum atomic E-state index is 0.450. The maximum Gasteiger partial charge on any atom is 0.0221 e.